The van der Waals surface area contributed by atoms with E-state index in [4.69, 9.17) is 4.98 Å². The lowest BCUT2D eigenvalue weighted by Gasteiger charge is -2.21. The van der Waals surface area contributed by atoms with E-state index < -0.39 is 5.97 Å². The van der Waals surface area contributed by atoms with Gasteiger partial charge in [0, 0.05) is 24.3 Å². The van der Waals surface area contributed by atoms with Gasteiger partial charge in [-0.15, -0.1) is 0 Å². The van der Waals surface area contributed by atoms with Crippen LogP contribution in [0.25, 0.3) is 11.3 Å². The van der Waals surface area contributed by atoms with Crippen LogP contribution in [0.4, 0.5) is 5.82 Å². The first-order valence-electron chi connectivity index (χ1n) is 9.10. The van der Waals surface area contributed by atoms with Gasteiger partial charge >= 0.3 is 5.97 Å². The monoisotopic (exact) mass is 362 g/mol. The molecule has 0 unspecified atom stereocenters. The van der Waals surface area contributed by atoms with E-state index in [9.17, 15) is 9.90 Å². The molecule has 1 saturated heterocycles. The summed E-state index contributed by atoms with van der Waals surface area (Å²) in [5.74, 6) is -0.417. The smallest absolute Gasteiger partial charge is 0.339 e. The Bertz CT molecular complexity index is 981. The average molecular weight is 362 g/mol. The molecule has 0 aliphatic carbocycles. The molecule has 1 aliphatic heterocycles. The number of hydrogen-bond donors (Lipinski definition) is 1. The number of aryl methyl sites for hydroxylation is 2. The van der Waals surface area contributed by atoms with Crippen molar-refractivity contribution in [1.29, 1.82) is 0 Å². The molecule has 6 heteroatoms. The van der Waals surface area contributed by atoms with Crippen molar-refractivity contribution in [2.24, 2.45) is 0 Å². The summed E-state index contributed by atoms with van der Waals surface area (Å²) in [6.07, 6.45) is 0.915. The van der Waals surface area contributed by atoms with Crippen molar-refractivity contribution >= 4 is 11.8 Å². The molecule has 6 nitrogen and oxygen atoms in total. The molecule has 1 aliphatic rings. The maximum atomic E-state index is 11.8. The lowest BCUT2D eigenvalue weighted by atomic mass is 10.1. The van der Waals surface area contributed by atoms with E-state index in [0.29, 0.717) is 12.4 Å². The second-order valence-electron chi connectivity index (χ2n) is 7.00. The highest BCUT2D eigenvalue weighted by Gasteiger charge is 2.29. The predicted octanol–water partition coefficient (Wildman–Crippen LogP) is 3.71. The van der Waals surface area contributed by atoms with Crippen molar-refractivity contribution in [1.82, 2.24) is 14.8 Å². The van der Waals surface area contributed by atoms with Gasteiger partial charge in [-0.1, -0.05) is 30.3 Å². The molecule has 0 radical (unpaired) electrons. The van der Waals surface area contributed by atoms with Gasteiger partial charge in [-0.05, 0) is 38.5 Å². The Hall–Kier alpha value is -3.15. The predicted molar refractivity (Wildman–Crippen MR) is 104 cm³/mol. The quantitative estimate of drug-likeness (QED) is 0.766. The topological polar surface area (TPSA) is 71.2 Å². The molecule has 0 saturated carbocycles. The molecule has 27 heavy (non-hydrogen) atoms. The second-order valence-corrected chi connectivity index (χ2v) is 7.00. The number of pyridine rings is 1. The molecule has 0 amide bonds. The zero-order valence-corrected chi connectivity index (χ0v) is 15.5. The first-order chi connectivity index (χ1) is 13.0. The van der Waals surface area contributed by atoms with Gasteiger partial charge in [-0.25, -0.2) is 9.78 Å². The van der Waals surface area contributed by atoms with Crippen LogP contribution >= 0.6 is 0 Å². The Balaban J connectivity index is 1.68. The van der Waals surface area contributed by atoms with Gasteiger partial charge in [-0.2, -0.15) is 5.10 Å². The Kier molecular flexibility index (Phi) is 4.39. The Morgan fingerprint density at radius 2 is 1.93 bits per heavy atom. The molecule has 1 N–H and O–H groups in total. The summed E-state index contributed by atoms with van der Waals surface area (Å²) in [5.41, 5.74) is 4.13. The van der Waals surface area contributed by atoms with Crippen molar-refractivity contribution in [3.05, 3.63) is 65.5 Å². The zero-order chi connectivity index (χ0) is 19.0. The number of aromatic nitrogens is 3. The second kappa shape index (κ2) is 6.87. The van der Waals surface area contributed by atoms with Crippen LogP contribution in [-0.4, -0.2) is 38.9 Å². The first kappa shape index (κ1) is 17.3. The van der Waals surface area contributed by atoms with Gasteiger partial charge in [0.05, 0.1) is 17.4 Å². The highest BCUT2D eigenvalue weighted by atomic mass is 16.4. The Morgan fingerprint density at radius 1 is 1.15 bits per heavy atom. The van der Waals surface area contributed by atoms with Crippen LogP contribution in [0.3, 0.4) is 0 Å². The van der Waals surface area contributed by atoms with E-state index >= 15 is 0 Å². The summed E-state index contributed by atoms with van der Waals surface area (Å²) >= 11 is 0. The number of benzene rings is 1. The molecule has 2 aromatic heterocycles. The standard InChI is InChI=1S/C21H22N4O2/c1-14-12-15(2)25(23-14)17-10-11-24(13-17)20-18(21(26)27)8-9-19(22-20)16-6-4-3-5-7-16/h3-9,12,17H,10-11,13H2,1-2H3,(H,26,27)/t17-/m0/s1. The summed E-state index contributed by atoms with van der Waals surface area (Å²) in [6.45, 7) is 5.51. The number of carboxylic acids is 1. The van der Waals surface area contributed by atoms with Gasteiger partial charge < -0.3 is 10.0 Å². The van der Waals surface area contributed by atoms with E-state index in [-0.39, 0.29) is 11.6 Å². The normalized spacial score (nSPS) is 16.7. The van der Waals surface area contributed by atoms with Gasteiger partial charge in [0.15, 0.2) is 0 Å². The Labute approximate surface area is 158 Å². The van der Waals surface area contributed by atoms with E-state index in [1.807, 2.05) is 37.3 Å². The number of carbonyl (C=O) groups is 1. The number of carboxylic acid groups (broad SMARTS) is 1. The fourth-order valence-corrected chi connectivity index (χ4v) is 3.78. The lowest BCUT2D eigenvalue weighted by molar-refractivity contribution is 0.0697. The third-order valence-electron chi connectivity index (χ3n) is 5.03. The number of nitrogens with zero attached hydrogens (tertiary/aromatic N) is 4. The SMILES string of the molecule is Cc1cc(C)n([C@H]2CCN(c3nc(-c4ccccc4)ccc3C(=O)O)C2)n1. The summed E-state index contributed by atoms with van der Waals surface area (Å²) in [6, 6.07) is 15.6. The van der Waals surface area contributed by atoms with E-state index in [1.54, 1.807) is 12.1 Å². The third-order valence-corrected chi connectivity index (χ3v) is 5.03. The van der Waals surface area contributed by atoms with Crippen molar-refractivity contribution in [3.63, 3.8) is 0 Å². The molecule has 1 fully saturated rings. The van der Waals surface area contributed by atoms with Crippen molar-refractivity contribution in [2.45, 2.75) is 26.3 Å². The number of rotatable bonds is 4. The average Bonchev–Trinajstić information content (AvgIpc) is 3.28. The lowest BCUT2D eigenvalue weighted by Crippen LogP contribution is -2.25. The molecular weight excluding hydrogens is 340 g/mol. The molecule has 3 heterocycles. The molecule has 1 atom stereocenters. The van der Waals surface area contributed by atoms with Crippen LogP contribution in [-0.2, 0) is 0 Å². The van der Waals surface area contributed by atoms with Crippen LogP contribution in [0.2, 0.25) is 0 Å². The molecule has 3 aromatic rings. The molecule has 138 valence electrons. The van der Waals surface area contributed by atoms with Gasteiger partial charge in [0.25, 0.3) is 0 Å². The van der Waals surface area contributed by atoms with Crippen molar-refractivity contribution < 1.29 is 9.90 Å². The van der Waals surface area contributed by atoms with Crippen LogP contribution in [0.15, 0.2) is 48.5 Å². The fourth-order valence-electron chi connectivity index (χ4n) is 3.78. The highest BCUT2D eigenvalue weighted by molar-refractivity contribution is 5.94. The number of aromatic carboxylic acids is 1. The molecule has 0 spiro atoms. The minimum Gasteiger partial charge on any atom is -0.478 e. The van der Waals surface area contributed by atoms with Crippen molar-refractivity contribution in [2.75, 3.05) is 18.0 Å². The van der Waals surface area contributed by atoms with Crippen molar-refractivity contribution in [3.8, 4) is 11.3 Å². The van der Waals surface area contributed by atoms with Crippen LogP contribution < -0.4 is 4.90 Å². The summed E-state index contributed by atoms with van der Waals surface area (Å²) in [4.78, 5) is 18.5. The zero-order valence-electron chi connectivity index (χ0n) is 15.5. The van der Waals surface area contributed by atoms with Gasteiger partial charge in [-0.3, -0.25) is 4.68 Å². The third kappa shape index (κ3) is 3.30. The minimum atomic E-state index is -0.952. The maximum absolute atomic E-state index is 11.8. The van der Waals surface area contributed by atoms with E-state index in [2.05, 4.69) is 27.7 Å². The maximum Gasteiger partial charge on any atom is 0.339 e. The summed E-state index contributed by atoms with van der Waals surface area (Å²) in [7, 11) is 0. The minimum absolute atomic E-state index is 0.225. The molecule has 4 rings (SSSR count). The summed E-state index contributed by atoms with van der Waals surface area (Å²) in [5, 5.41) is 14.2. The van der Waals surface area contributed by atoms with Crippen LogP contribution in [0.1, 0.15) is 34.2 Å². The number of hydrogen-bond acceptors (Lipinski definition) is 4. The molecular formula is C21H22N4O2. The van der Waals surface area contributed by atoms with Crippen LogP contribution in [0, 0.1) is 13.8 Å². The fraction of sp³-hybridized carbons (Fsp3) is 0.286. The number of anilines is 1. The highest BCUT2D eigenvalue weighted by Crippen LogP contribution is 2.31. The molecule has 1 aromatic carbocycles. The summed E-state index contributed by atoms with van der Waals surface area (Å²) < 4.78 is 2.05. The van der Waals surface area contributed by atoms with Crippen LogP contribution in [0.5, 0.6) is 0 Å². The first-order valence-corrected chi connectivity index (χ1v) is 9.10. The van der Waals surface area contributed by atoms with Gasteiger partial charge in [0.2, 0.25) is 0 Å². The van der Waals surface area contributed by atoms with E-state index in [0.717, 1.165) is 35.6 Å². The largest absolute Gasteiger partial charge is 0.478 e. The Morgan fingerprint density at radius 3 is 2.59 bits per heavy atom. The molecule has 0 bridgehead atoms. The van der Waals surface area contributed by atoms with E-state index in [1.165, 1.54) is 0 Å². The van der Waals surface area contributed by atoms with Gasteiger partial charge in [0.1, 0.15) is 11.4 Å².